The lowest BCUT2D eigenvalue weighted by molar-refractivity contribution is -0.137. The smallest absolute Gasteiger partial charge is 0.417 e. The van der Waals surface area contributed by atoms with Crippen LogP contribution in [0.4, 0.5) is 24.9 Å². The number of ether oxygens (including phenoxy) is 2. The van der Waals surface area contributed by atoms with Gasteiger partial charge in [0.15, 0.2) is 11.5 Å². The summed E-state index contributed by atoms with van der Waals surface area (Å²) in [5, 5.41) is 2.79. The fourth-order valence-corrected chi connectivity index (χ4v) is 2.39. The van der Waals surface area contributed by atoms with Crippen molar-refractivity contribution in [3.8, 4) is 22.8 Å². The number of benzene rings is 1. The summed E-state index contributed by atoms with van der Waals surface area (Å²) < 4.78 is 48.3. The van der Waals surface area contributed by atoms with Gasteiger partial charge < -0.3 is 14.8 Å². The second kappa shape index (κ2) is 6.17. The van der Waals surface area contributed by atoms with Crippen LogP contribution in [0.25, 0.3) is 11.3 Å². The van der Waals surface area contributed by atoms with E-state index in [9.17, 15) is 13.2 Å². The van der Waals surface area contributed by atoms with Crippen LogP contribution in [0.5, 0.6) is 11.5 Å². The Kier molecular flexibility index (Phi) is 3.83. The first-order valence-corrected chi connectivity index (χ1v) is 7.52. The van der Waals surface area contributed by atoms with Crippen LogP contribution in [0, 0.1) is 0 Å². The molecule has 1 aromatic carbocycles. The monoisotopic (exact) mass is 360 g/mol. The maximum absolute atomic E-state index is 12.6. The molecule has 1 N–H and O–H groups in total. The zero-order valence-corrected chi connectivity index (χ0v) is 13.1. The van der Waals surface area contributed by atoms with Crippen LogP contribution < -0.4 is 14.8 Å². The highest BCUT2D eigenvalue weighted by molar-refractivity contribution is 5.65. The van der Waals surface area contributed by atoms with Gasteiger partial charge in [0.05, 0.1) is 11.3 Å². The number of anilines is 2. The Bertz CT molecular complexity index is 945. The second-order valence-corrected chi connectivity index (χ2v) is 5.39. The number of nitrogens with one attached hydrogen (secondary N) is 1. The Labute approximate surface area is 145 Å². The number of nitrogens with zero attached hydrogens (tertiary/aromatic N) is 3. The van der Waals surface area contributed by atoms with Crippen molar-refractivity contribution in [2.45, 2.75) is 6.18 Å². The van der Waals surface area contributed by atoms with Gasteiger partial charge in [0.2, 0.25) is 12.7 Å². The summed E-state index contributed by atoms with van der Waals surface area (Å²) in [5.41, 5.74) is 0.589. The van der Waals surface area contributed by atoms with Crippen molar-refractivity contribution in [2.75, 3.05) is 12.1 Å². The Morgan fingerprint density at radius 2 is 1.81 bits per heavy atom. The van der Waals surface area contributed by atoms with E-state index in [1.54, 1.807) is 24.4 Å². The quantitative estimate of drug-likeness (QED) is 0.761. The summed E-state index contributed by atoms with van der Waals surface area (Å²) >= 11 is 0. The summed E-state index contributed by atoms with van der Waals surface area (Å²) in [5.74, 6) is 1.71. The van der Waals surface area contributed by atoms with Gasteiger partial charge in [0.25, 0.3) is 0 Å². The molecule has 6 nitrogen and oxygen atoms in total. The van der Waals surface area contributed by atoms with Crippen molar-refractivity contribution in [3.63, 3.8) is 0 Å². The van der Waals surface area contributed by atoms with Gasteiger partial charge in [0.1, 0.15) is 5.82 Å². The third kappa shape index (κ3) is 3.23. The molecule has 0 radical (unpaired) electrons. The molecule has 3 heterocycles. The normalized spacial score (nSPS) is 12.9. The molecule has 0 amide bonds. The van der Waals surface area contributed by atoms with Gasteiger partial charge in [-0.25, -0.2) is 15.0 Å². The Hall–Kier alpha value is -3.36. The molecule has 2 aromatic heterocycles. The standard InChI is InChI=1S/C17H11F3N4O2/c18-17(19,20)11-2-4-15(22-8-11)24-16-21-6-5-12(23-16)10-1-3-13-14(7-10)26-9-25-13/h1-8H,9H2,(H,21,22,23,24). The van der Waals surface area contributed by atoms with Gasteiger partial charge in [-0.1, -0.05) is 0 Å². The average molecular weight is 360 g/mol. The third-order valence-electron chi connectivity index (χ3n) is 3.65. The molecular weight excluding hydrogens is 349 g/mol. The molecule has 9 heteroatoms. The highest BCUT2D eigenvalue weighted by Gasteiger charge is 2.30. The minimum absolute atomic E-state index is 0.176. The van der Waals surface area contributed by atoms with E-state index < -0.39 is 11.7 Å². The van der Waals surface area contributed by atoms with Gasteiger partial charge in [-0.15, -0.1) is 0 Å². The largest absolute Gasteiger partial charge is 0.454 e. The molecule has 1 aliphatic rings. The van der Waals surface area contributed by atoms with Crippen LogP contribution in [0.2, 0.25) is 0 Å². The van der Waals surface area contributed by atoms with Gasteiger partial charge in [0, 0.05) is 18.0 Å². The molecule has 26 heavy (non-hydrogen) atoms. The molecule has 3 aromatic rings. The molecule has 4 rings (SSSR count). The minimum Gasteiger partial charge on any atom is -0.454 e. The topological polar surface area (TPSA) is 69.2 Å². The van der Waals surface area contributed by atoms with Crippen molar-refractivity contribution >= 4 is 11.8 Å². The molecule has 132 valence electrons. The first-order valence-electron chi connectivity index (χ1n) is 7.52. The van der Waals surface area contributed by atoms with Crippen LogP contribution >= 0.6 is 0 Å². The van der Waals surface area contributed by atoms with Crippen LogP contribution in [0.3, 0.4) is 0 Å². The highest BCUT2D eigenvalue weighted by Crippen LogP contribution is 2.35. The number of alkyl halides is 3. The van der Waals surface area contributed by atoms with E-state index in [2.05, 4.69) is 20.3 Å². The lowest BCUT2D eigenvalue weighted by Crippen LogP contribution is -2.06. The predicted molar refractivity (Wildman–Crippen MR) is 86.1 cm³/mol. The molecule has 0 fully saturated rings. The van der Waals surface area contributed by atoms with E-state index in [4.69, 9.17) is 9.47 Å². The van der Waals surface area contributed by atoms with E-state index in [1.165, 1.54) is 6.07 Å². The summed E-state index contributed by atoms with van der Waals surface area (Å²) in [4.78, 5) is 12.2. The first-order chi connectivity index (χ1) is 12.5. The molecular formula is C17H11F3N4O2. The maximum atomic E-state index is 12.6. The minimum atomic E-state index is -4.43. The fourth-order valence-electron chi connectivity index (χ4n) is 2.39. The molecule has 0 saturated carbocycles. The van der Waals surface area contributed by atoms with Crippen molar-refractivity contribution in [2.24, 2.45) is 0 Å². The Balaban J connectivity index is 1.56. The van der Waals surface area contributed by atoms with Crippen LogP contribution in [-0.4, -0.2) is 21.7 Å². The summed E-state index contributed by atoms with van der Waals surface area (Å²) in [6, 6.07) is 9.28. The van der Waals surface area contributed by atoms with Gasteiger partial charge >= 0.3 is 6.18 Å². The van der Waals surface area contributed by atoms with Crippen LogP contribution in [0.1, 0.15) is 5.56 Å². The summed E-state index contributed by atoms with van der Waals surface area (Å²) in [6.07, 6.45) is -2.13. The number of aromatic nitrogens is 3. The van der Waals surface area contributed by atoms with Crippen molar-refractivity contribution in [1.82, 2.24) is 15.0 Å². The SMILES string of the molecule is FC(F)(F)c1ccc(Nc2nccc(-c3ccc4c(c3)OCO4)n2)nc1. The first kappa shape index (κ1) is 16.1. The van der Waals surface area contributed by atoms with Crippen LogP contribution in [0.15, 0.2) is 48.8 Å². The number of rotatable bonds is 3. The van der Waals surface area contributed by atoms with Gasteiger partial charge in [-0.2, -0.15) is 13.2 Å². The molecule has 0 saturated heterocycles. The van der Waals surface area contributed by atoms with Gasteiger partial charge in [-0.05, 0) is 36.4 Å². The molecule has 1 aliphatic heterocycles. The number of halogens is 3. The zero-order valence-electron chi connectivity index (χ0n) is 13.1. The van der Waals surface area contributed by atoms with E-state index in [1.807, 2.05) is 6.07 Å². The molecule has 0 atom stereocenters. The van der Waals surface area contributed by atoms with Crippen molar-refractivity contribution in [1.29, 1.82) is 0 Å². The Morgan fingerprint density at radius 3 is 2.58 bits per heavy atom. The molecule has 0 aliphatic carbocycles. The highest BCUT2D eigenvalue weighted by atomic mass is 19.4. The fraction of sp³-hybridized carbons (Fsp3) is 0.118. The lowest BCUT2D eigenvalue weighted by Gasteiger charge is -2.08. The maximum Gasteiger partial charge on any atom is 0.417 e. The van der Waals surface area contributed by atoms with E-state index in [0.29, 0.717) is 17.2 Å². The van der Waals surface area contributed by atoms with E-state index in [-0.39, 0.29) is 18.6 Å². The molecule has 0 unspecified atom stereocenters. The Morgan fingerprint density at radius 1 is 0.962 bits per heavy atom. The van der Waals surface area contributed by atoms with Gasteiger partial charge in [-0.3, -0.25) is 0 Å². The summed E-state index contributed by atoms with van der Waals surface area (Å²) in [7, 11) is 0. The van der Waals surface area contributed by atoms with Crippen LogP contribution in [-0.2, 0) is 6.18 Å². The lowest BCUT2D eigenvalue weighted by atomic mass is 10.1. The molecule has 0 bridgehead atoms. The van der Waals surface area contributed by atoms with Crippen molar-refractivity contribution < 1.29 is 22.6 Å². The number of fused-ring (bicyclic) bond motifs is 1. The third-order valence-corrected chi connectivity index (χ3v) is 3.65. The predicted octanol–water partition coefficient (Wildman–Crippen LogP) is 4.03. The number of hydrogen-bond donors (Lipinski definition) is 1. The van der Waals surface area contributed by atoms with Crippen molar-refractivity contribution in [3.05, 3.63) is 54.4 Å². The number of pyridine rings is 1. The average Bonchev–Trinajstić information content (AvgIpc) is 3.09. The molecule has 0 spiro atoms. The van der Waals surface area contributed by atoms with E-state index >= 15 is 0 Å². The second-order valence-electron chi connectivity index (χ2n) is 5.39. The van der Waals surface area contributed by atoms with E-state index in [0.717, 1.165) is 17.8 Å². The summed E-state index contributed by atoms with van der Waals surface area (Å²) in [6.45, 7) is 0.176. The number of hydrogen-bond acceptors (Lipinski definition) is 6. The zero-order chi connectivity index (χ0) is 18.1.